The van der Waals surface area contributed by atoms with Crippen molar-refractivity contribution < 1.29 is 9.90 Å². The first-order valence-electron chi connectivity index (χ1n) is 6.92. The Balaban J connectivity index is 1.78. The fourth-order valence-electron chi connectivity index (χ4n) is 2.91. The van der Waals surface area contributed by atoms with Crippen molar-refractivity contribution in [2.45, 2.75) is 37.8 Å². The third-order valence-electron chi connectivity index (χ3n) is 3.96. The van der Waals surface area contributed by atoms with Crippen LogP contribution in [0.4, 0.5) is 0 Å². The summed E-state index contributed by atoms with van der Waals surface area (Å²) in [6, 6.07) is -0.131. The highest BCUT2D eigenvalue weighted by molar-refractivity contribution is 5.80. The van der Waals surface area contributed by atoms with Crippen LogP contribution >= 0.6 is 0 Å². The van der Waals surface area contributed by atoms with Gasteiger partial charge in [0, 0.05) is 19.6 Å². The van der Waals surface area contributed by atoms with E-state index in [9.17, 15) is 9.90 Å². The Morgan fingerprint density at radius 1 is 1.39 bits per heavy atom. The van der Waals surface area contributed by atoms with E-state index in [0.29, 0.717) is 0 Å². The maximum atomic E-state index is 11.4. The summed E-state index contributed by atoms with van der Waals surface area (Å²) in [7, 11) is 0. The van der Waals surface area contributed by atoms with Crippen LogP contribution in [0.1, 0.15) is 25.7 Å². The molecular weight excluding hydrogens is 230 g/mol. The third kappa shape index (κ3) is 3.67. The van der Waals surface area contributed by atoms with Crippen LogP contribution in [0.15, 0.2) is 0 Å². The van der Waals surface area contributed by atoms with Crippen molar-refractivity contribution in [1.29, 1.82) is 0 Å². The summed E-state index contributed by atoms with van der Waals surface area (Å²) >= 11 is 0. The van der Waals surface area contributed by atoms with Gasteiger partial charge < -0.3 is 10.8 Å². The van der Waals surface area contributed by atoms with Crippen molar-refractivity contribution in [3.05, 3.63) is 6.42 Å². The molecule has 3 N–H and O–H groups in total. The van der Waals surface area contributed by atoms with Gasteiger partial charge in [0.15, 0.2) is 0 Å². The SMILES string of the molecule is NC(=O)C1C[CH]CCN1CCN1CCC[C@@H](O)C1. The quantitative estimate of drug-likeness (QED) is 0.716. The summed E-state index contributed by atoms with van der Waals surface area (Å²) in [5.74, 6) is -0.218. The Hall–Kier alpha value is -0.650. The smallest absolute Gasteiger partial charge is 0.234 e. The number of carbonyl (C=O) groups excluding carboxylic acids is 1. The number of rotatable bonds is 4. The normalized spacial score (nSPS) is 31.4. The number of nitrogens with zero attached hydrogens (tertiary/aromatic N) is 2. The van der Waals surface area contributed by atoms with Crippen molar-refractivity contribution >= 4 is 5.91 Å². The number of amides is 1. The maximum absolute atomic E-state index is 11.4. The molecule has 103 valence electrons. The van der Waals surface area contributed by atoms with Gasteiger partial charge in [-0.2, -0.15) is 0 Å². The Bertz CT molecular complexity index is 285. The third-order valence-corrected chi connectivity index (χ3v) is 3.96. The van der Waals surface area contributed by atoms with Gasteiger partial charge in [-0.25, -0.2) is 0 Å². The van der Waals surface area contributed by atoms with Gasteiger partial charge in [0.1, 0.15) is 0 Å². The zero-order valence-corrected chi connectivity index (χ0v) is 10.9. The number of piperidine rings is 2. The molecule has 5 heteroatoms. The van der Waals surface area contributed by atoms with Gasteiger partial charge in [-0.1, -0.05) is 0 Å². The van der Waals surface area contributed by atoms with Crippen LogP contribution in [0, 0.1) is 6.42 Å². The molecule has 5 nitrogen and oxygen atoms in total. The lowest BCUT2D eigenvalue weighted by molar-refractivity contribution is -0.124. The van der Waals surface area contributed by atoms with E-state index >= 15 is 0 Å². The average Bonchev–Trinajstić information content (AvgIpc) is 2.37. The number of likely N-dealkylation sites (tertiary alicyclic amines) is 2. The lowest BCUT2D eigenvalue weighted by atomic mass is 10.0. The number of hydrogen-bond donors (Lipinski definition) is 2. The fraction of sp³-hybridized carbons (Fsp3) is 0.846. The van der Waals surface area contributed by atoms with Crippen molar-refractivity contribution in [3.63, 3.8) is 0 Å². The molecule has 0 aliphatic carbocycles. The van der Waals surface area contributed by atoms with Crippen molar-refractivity contribution in [2.75, 3.05) is 32.7 Å². The number of aliphatic hydroxyl groups is 1. The van der Waals surface area contributed by atoms with Gasteiger partial charge in [-0.3, -0.25) is 14.6 Å². The molecule has 2 rings (SSSR count). The lowest BCUT2D eigenvalue weighted by Gasteiger charge is -2.36. The van der Waals surface area contributed by atoms with E-state index in [1.165, 1.54) is 0 Å². The van der Waals surface area contributed by atoms with Crippen LogP contribution in [0.5, 0.6) is 0 Å². The Morgan fingerprint density at radius 2 is 2.22 bits per heavy atom. The Labute approximate surface area is 109 Å². The summed E-state index contributed by atoms with van der Waals surface area (Å²) in [6.45, 7) is 4.53. The summed E-state index contributed by atoms with van der Waals surface area (Å²) in [4.78, 5) is 15.8. The largest absolute Gasteiger partial charge is 0.392 e. The number of nitrogens with two attached hydrogens (primary N) is 1. The molecule has 1 unspecified atom stereocenters. The zero-order chi connectivity index (χ0) is 13.0. The van der Waals surface area contributed by atoms with Gasteiger partial charge in [0.25, 0.3) is 0 Å². The highest BCUT2D eigenvalue weighted by Crippen LogP contribution is 2.16. The number of aliphatic hydroxyl groups excluding tert-OH is 1. The number of primary amides is 1. The van der Waals surface area contributed by atoms with Crippen molar-refractivity contribution in [3.8, 4) is 0 Å². The average molecular weight is 254 g/mol. The minimum absolute atomic E-state index is 0.131. The van der Waals surface area contributed by atoms with E-state index in [4.69, 9.17) is 5.73 Å². The molecule has 0 spiro atoms. The van der Waals surface area contributed by atoms with Crippen LogP contribution in [0.2, 0.25) is 0 Å². The Kier molecular flexibility index (Phi) is 4.97. The summed E-state index contributed by atoms with van der Waals surface area (Å²) in [5.41, 5.74) is 5.43. The molecule has 1 radical (unpaired) electrons. The van der Waals surface area contributed by atoms with E-state index in [1.807, 2.05) is 0 Å². The van der Waals surface area contributed by atoms with Crippen LogP contribution < -0.4 is 5.73 Å². The first kappa shape index (κ1) is 13.8. The molecule has 2 aliphatic heterocycles. The van der Waals surface area contributed by atoms with Gasteiger partial charge >= 0.3 is 0 Å². The molecule has 2 fully saturated rings. The molecule has 18 heavy (non-hydrogen) atoms. The fourth-order valence-corrected chi connectivity index (χ4v) is 2.91. The van der Waals surface area contributed by atoms with E-state index < -0.39 is 0 Å². The minimum atomic E-state index is -0.218. The first-order valence-corrected chi connectivity index (χ1v) is 6.92. The number of hydrogen-bond acceptors (Lipinski definition) is 4. The van der Waals surface area contributed by atoms with Crippen LogP contribution in [0.3, 0.4) is 0 Å². The van der Waals surface area contributed by atoms with Crippen molar-refractivity contribution in [2.24, 2.45) is 5.73 Å². The second-order valence-corrected chi connectivity index (χ2v) is 5.36. The summed E-state index contributed by atoms with van der Waals surface area (Å²) < 4.78 is 0. The maximum Gasteiger partial charge on any atom is 0.234 e. The lowest BCUT2D eigenvalue weighted by Crippen LogP contribution is -2.51. The van der Waals surface area contributed by atoms with Crippen LogP contribution in [-0.2, 0) is 4.79 Å². The zero-order valence-electron chi connectivity index (χ0n) is 10.9. The molecule has 2 saturated heterocycles. The monoisotopic (exact) mass is 254 g/mol. The first-order chi connectivity index (χ1) is 8.66. The minimum Gasteiger partial charge on any atom is -0.392 e. The molecule has 2 atom stereocenters. The molecule has 2 aliphatic rings. The van der Waals surface area contributed by atoms with E-state index in [2.05, 4.69) is 16.2 Å². The van der Waals surface area contributed by atoms with E-state index in [-0.39, 0.29) is 18.1 Å². The second kappa shape index (κ2) is 6.50. The van der Waals surface area contributed by atoms with E-state index in [1.54, 1.807) is 0 Å². The summed E-state index contributed by atoms with van der Waals surface area (Å²) in [6.07, 6.45) is 5.76. The predicted octanol–water partition coefficient (Wildman–Crippen LogP) is -0.403. The molecule has 2 heterocycles. The van der Waals surface area contributed by atoms with Crippen LogP contribution in [-0.4, -0.2) is 65.7 Å². The van der Waals surface area contributed by atoms with Crippen molar-refractivity contribution in [1.82, 2.24) is 9.80 Å². The second-order valence-electron chi connectivity index (χ2n) is 5.36. The molecule has 0 bridgehead atoms. The Morgan fingerprint density at radius 3 is 2.94 bits per heavy atom. The van der Waals surface area contributed by atoms with Crippen LogP contribution in [0.25, 0.3) is 0 Å². The predicted molar refractivity (Wildman–Crippen MR) is 69.8 cm³/mol. The molecular formula is C13H24N3O2. The van der Waals surface area contributed by atoms with E-state index in [0.717, 1.165) is 58.4 Å². The van der Waals surface area contributed by atoms with Gasteiger partial charge in [-0.05, 0) is 45.2 Å². The highest BCUT2D eigenvalue weighted by Gasteiger charge is 2.27. The van der Waals surface area contributed by atoms with Gasteiger partial charge in [-0.15, -0.1) is 0 Å². The van der Waals surface area contributed by atoms with Gasteiger partial charge in [0.05, 0.1) is 12.1 Å². The highest BCUT2D eigenvalue weighted by atomic mass is 16.3. The topological polar surface area (TPSA) is 69.8 Å². The number of β-amino-alcohol motifs (C(OH)–C–C–N with tert-alkyl or cyclic N) is 1. The summed E-state index contributed by atoms with van der Waals surface area (Å²) in [5, 5.41) is 9.62. The molecule has 0 saturated carbocycles. The standard InChI is InChI=1S/C13H24N3O2/c14-13(18)12-5-1-2-7-16(12)9-8-15-6-3-4-11(17)10-15/h1,11-12,17H,2-10H2,(H2,14,18)/t11-,12?/m1/s1. The molecule has 0 aromatic heterocycles. The van der Waals surface area contributed by atoms with Gasteiger partial charge in [0.2, 0.25) is 5.91 Å². The molecule has 0 aromatic carbocycles. The number of carbonyl (C=O) groups is 1. The molecule has 1 amide bonds. The molecule has 0 aromatic rings.